The summed E-state index contributed by atoms with van der Waals surface area (Å²) in [4.78, 5) is 23.3. The number of anilines is 1. The molecule has 0 fully saturated rings. The average molecular weight is 522 g/mol. The Bertz CT molecular complexity index is 1300. The van der Waals surface area contributed by atoms with Crippen LogP contribution in [0.5, 0.6) is 11.5 Å². The predicted octanol–water partition coefficient (Wildman–Crippen LogP) is 5.80. The number of halogens is 1. The van der Waals surface area contributed by atoms with Crippen molar-refractivity contribution in [2.75, 3.05) is 12.4 Å². The summed E-state index contributed by atoms with van der Waals surface area (Å²) in [5.41, 5.74) is 1.71. The zero-order valence-corrected chi connectivity index (χ0v) is 20.0. The largest absolute Gasteiger partial charge is 0.493 e. The van der Waals surface area contributed by atoms with Gasteiger partial charge in [0.05, 0.1) is 12.0 Å². The Morgan fingerprint density at radius 2 is 1.88 bits per heavy atom. The van der Waals surface area contributed by atoms with Crippen LogP contribution >= 0.6 is 15.9 Å². The molecule has 9 heteroatoms. The van der Waals surface area contributed by atoms with Crippen molar-refractivity contribution in [2.45, 2.75) is 13.5 Å². The Hall–Kier alpha value is -4.16. The maximum absolute atomic E-state index is 12.6. The van der Waals surface area contributed by atoms with Crippen LogP contribution in [0.25, 0.3) is 6.08 Å². The number of hydrogen-bond donors (Lipinski definition) is 1. The molecule has 172 valence electrons. The topological polar surface area (TPSA) is 114 Å². The van der Waals surface area contributed by atoms with Crippen molar-refractivity contribution in [3.63, 3.8) is 0 Å². The van der Waals surface area contributed by atoms with E-state index in [0.717, 1.165) is 10.0 Å². The number of nitriles is 1. The number of ether oxygens (including phenoxy) is 2. The Balaban J connectivity index is 1.79. The van der Waals surface area contributed by atoms with Gasteiger partial charge >= 0.3 is 0 Å². The van der Waals surface area contributed by atoms with Crippen molar-refractivity contribution in [1.82, 2.24) is 0 Å². The molecule has 0 aromatic heterocycles. The summed E-state index contributed by atoms with van der Waals surface area (Å²) in [6.07, 6.45) is 1.37. The molecule has 0 unspecified atom stereocenters. The number of methoxy groups -OCH3 is 1. The lowest BCUT2D eigenvalue weighted by molar-refractivity contribution is -0.384. The van der Waals surface area contributed by atoms with Crippen LogP contribution in [-0.4, -0.2) is 17.9 Å². The Morgan fingerprint density at radius 3 is 2.53 bits per heavy atom. The number of nitro benzene ring substituents is 1. The molecule has 0 saturated heterocycles. The smallest absolute Gasteiger partial charge is 0.293 e. The van der Waals surface area contributed by atoms with Gasteiger partial charge in [-0.3, -0.25) is 14.9 Å². The van der Waals surface area contributed by atoms with Crippen molar-refractivity contribution >= 4 is 39.3 Å². The number of carbonyl (C=O) groups excluding carboxylic acids is 1. The number of hydrogen-bond acceptors (Lipinski definition) is 6. The molecule has 1 N–H and O–H groups in total. The molecule has 1 amide bonds. The summed E-state index contributed by atoms with van der Waals surface area (Å²) in [5, 5.41) is 23.2. The summed E-state index contributed by atoms with van der Waals surface area (Å²) in [5.74, 6) is 0.169. The molecule has 8 nitrogen and oxygen atoms in total. The first kappa shape index (κ1) is 24.5. The highest BCUT2D eigenvalue weighted by Gasteiger charge is 2.18. The molecule has 3 aromatic rings. The van der Waals surface area contributed by atoms with Crippen LogP contribution in [0, 0.1) is 28.4 Å². The molecule has 0 radical (unpaired) electrons. The minimum atomic E-state index is -0.760. The monoisotopic (exact) mass is 521 g/mol. The molecular weight excluding hydrogens is 502 g/mol. The van der Waals surface area contributed by atoms with Crippen LogP contribution in [-0.2, 0) is 11.4 Å². The standard InChI is InChI=1S/C25H20BrN3O5/c1-16-3-9-21(22(11-16)29(31)32)28-25(30)19(14-27)12-18-6-10-23(24(13-18)33-2)34-15-17-4-7-20(26)8-5-17/h3-13H,15H2,1-2H3,(H,28,30)/b19-12+. The maximum atomic E-state index is 12.6. The maximum Gasteiger partial charge on any atom is 0.293 e. The number of benzene rings is 3. The van der Waals surface area contributed by atoms with Crippen molar-refractivity contribution in [3.05, 3.63) is 97.5 Å². The molecule has 0 spiro atoms. The van der Waals surface area contributed by atoms with Gasteiger partial charge in [-0.1, -0.05) is 40.2 Å². The first-order chi connectivity index (χ1) is 16.3. The first-order valence-corrected chi connectivity index (χ1v) is 10.8. The molecule has 3 rings (SSSR count). The van der Waals surface area contributed by atoms with E-state index in [-0.39, 0.29) is 16.9 Å². The predicted molar refractivity (Wildman–Crippen MR) is 132 cm³/mol. The van der Waals surface area contributed by atoms with Gasteiger partial charge < -0.3 is 14.8 Å². The summed E-state index contributed by atoms with van der Waals surface area (Å²) in [6.45, 7) is 2.04. The van der Waals surface area contributed by atoms with Crippen LogP contribution in [0.2, 0.25) is 0 Å². The fourth-order valence-corrected chi connectivity index (χ4v) is 3.30. The number of aryl methyl sites for hydroxylation is 1. The van der Waals surface area contributed by atoms with Crippen LogP contribution in [0.15, 0.2) is 70.7 Å². The minimum Gasteiger partial charge on any atom is -0.493 e. The number of nitro groups is 1. The van der Waals surface area contributed by atoms with Gasteiger partial charge in [0.15, 0.2) is 11.5 Å². The molecule has 0 aliphatic carbocycles. The van der Waals surface area contributed by atoms with E-state index >= 15 is 0 Å². The van der Waals surface area contributed by atoms with Gasteiger partial charge in [0.1, 0.15) is 23.9 Å². The minimum absolute atomic E-state index is 0.0102. The van der Waals surface area contributed by atoms with E-state index in [4.69, 9.17) is 9.47 Å². The molecular formula is C25H20BrN3O5. The fraction of sp³-hybridized carbons (Fsp3) is 0.120. The second kappa shape index (κ2) is 11.1. The van der Waals surface area contributed by atoms with Gasteiger partial charge in [0.2, 0.25) is 0 Å². The summed E-state index contributed by atoms with van der Waals surface area (Å²) >= 11 is 3.39. The van der Waals surface area contributed by atoms with Gasteiger partial charge in [-0.15, -0.1) is 0 Å². The van der Waals surface area contributed by atoms with Gasteiger partial charge in [0.25, 0.3) is 11.6 Å². The fourth-order valence-electron chi connectivity index (χ4n) is 3.04. The number of nitrogens with zero attached hydrogens (tertiary/aromatic N) is 2. The molecule has 0 atom stereocenters. The third-order valence-electron chi connectivity index (χ3n) is 4.77. The van der Waals surface area contributed by atoms with E-state index in [1.165, 1.54) is 25.3 Å². The van der Waals surface area contributed by atoms with Crippen molar-refractivity contribution in [2.24, 2.45) is 0 Å². The highest BCUT2D eigenvalue weighted by atomic mass is 79.9. The Kier molecular flexibility index (Phi) is 8.01. The molecule has 34 heavy (non-hydrogen) atoms. The highest BCUT2D eigenvalue weighted by Crippen LogP contribution is 2.30. The first-order valence-electron chi connectivity index (χ1n) is 10.0. The molecule has 0 bridgehead atoms. The van der Waals surface area contributed by atoms with Gasteiger partial charge in [-0.2, -0.15) is 5.26 Å². The SMILES string of the molecule is COc1cc(/C=C(\C#N)C(=O)Nc2ccc(C)cc2[N+](=O)[O-])ccc1OCc1ccc(Br)cc1. The number of amides is 1. The average Bonchev–Trinajstić information content (AvgIpc) is 2.83. The van der Waals surface area contributed by atoms with E-state index in [1.807, 2.05) is 30.3 Å². The number of nitrogens with one attached hydrogen (secondary N) is 1. The van der Waals surface area contributed by atoms with E-state index in [1.54, 1.807) is 31.2 Å². The molecule has 0 aliphatic rings. The number of carbonyl (C=O) groups is 1. The lowest BCUT2D eigenvalue weighted by Gasteiger charge is -2.12. The quantitative estimate of drug-likeness (QED) is 0.173. The van der Waals surface area contributed by atoms with Crippen molar-refractivity contribution < 1.29 is 19.2 Å². The van der Waals surface area contributed by atoms with E-state index in [2.05, 4.69) is 21.2 Å². The van der Waals surface area contributed by atoms with E-state index < -0.39 is 10.8 Å². The van der Waals surface area contributed by atoms with Crippen LogP contribution in [0.1, 0.15) is 16.7 Å². The van der Waals surface area contributed by atoms with Crippen LogP contribution < -0.4 is 14.8 Å². The zero-order valence-electron chi connectivity index (χ0n) is 18.4. The third-order valence-corrected chi connectivity index (χ3v) is 5.30. The highest BCUT2D eigenvalue weighted by molar-refractivity contribution is 9.10. The van der Waals surface area contributed by atoms with Gasteiger partial charge in [-0.25, -0.2) is 0 Å². The Labute approximate surface area is 204 Å². The lowest BCUT2D eigenvalue weighted by atomic mass is 10.1. The number of rotatable bonds is 8. The van der Waals surface area contributed by atoms with E-state index in [9.17, 15) is 20.2 Å². The third kappa shape index (κ3) is 6.21. The normalized spacial score (nSPS) is 10.8. The molecule has 0 saturated carbocycles. The van der Waals surface area contributed by atoms with Crippen molar-refractivity contribution in [3.8, 4) is 17.6 Å². The van der Waals surface area contributed by atoms with Gasteiger partial charge in [0, 0.05) is 10.5 Å². The van der Waals surface area contributed by atoms with E-state index in [0.29, 0.717) is 29.2 Å². The zero-order chi connectivity index (χ0) is 24.7. The second-order valence-corrected chi connectivity index (χ2v) is 8.14. The van der Waals surface area contributed by atoms with Gasteiger partial charge in [-0.05, 0) is 60.0 Å². The Morgan fingerprint density at radius 1 is 1.15 bits per heavy atom. The molecule has 3 aromatic carbocycles. The summed E-state index contributed by atoms with van der Waals surface area (Å²) < 4.78 is 12.2. The van der Waals surface area contributed by atoms with Crippen LogP contribution in [0.4, 0.5) is 11.4 Å². The molecule has 0 heterocycles. The lowest BCUT2D eigenvalue weighted by Crippen LogP contribution is -2.14. The molecule has 0 aliphatic heterocycles. The second-order valence-electron chi connectivity index (χ2n) is 7.23. The van der Waals surface area contributed by atoms with Crippen molar-refractivity contribution in [1.29, 1.82) is 5.26 Å². The summed E-state index contributed by atoms with van der Waals surface area (Å²) in [6, 6.07) is 19.0. The summed E-state index contributed by atoms with van der Waals surface area (Å²) in [7, 11) is 1.49. The van der Waals surface area contributed by atoms with Crippen LogP contribution in [0.3, 0.4) is 0 Å².